The van der Waals surface area contributed by atoms with Crippen molar-refractivity contribution in [2.24, 2.45) is 5.92 Å². The van der Waals surface area contributed by atoms with Crippen molar-refractivity contribution in [3.63, 3.8) is 0 Å². The minimum absolute atomic E-state index is 0.363. The Labute approximate surface area is 167 Å². The van der Waals surface area contributed by atoms with E-state index >= 15 is 0 Å². The lowest BCUT2D eigenvalue weighted by Gasteiger charge is -2.18. The zero-order chi connectivity index (χ0) is 20.0. The van der Waals surface area contributed by atoms with Crippen molar-refractivity contribution in [1.29, 1.82) is 0 Å². The highest BCUT2D eigenvalue weighted by Gasteiger charge is 2.24. The number of benzene rings is 1. The molecule has 0 aliphatic rings. The highest BCUT2D eigenvalue weighted by Crippen LogP contribution is 2.41. The van der Waals surface area contributed by atoms with Crippen LogP contribution in [0.15, 0.2) is 24.3 Å². The molecule has 0 aromatic heterocycles. The molecule has 2 unspecified atom stereocenters. The first-order valence-electron chi connectivity index (χ1n) is 11.1. The summed E-state index contributed by atoms with van der Waals surface area (Å²) in [6, 6.07) is 7.49. The quantitative estimate of drug-likeness (QED) is 0.241. The molecule has 27 heavy (non-hydrogen) atoms. The SMILES string of the molecule is CCCCCCCCCc1ccc(P(=O)(O)OCC(CC)CCCC)cc1. The van der Waals surface area contributed by atoms with Gasteiger partial charge in [-0.3, -0.25) is 4.57 Å². The van der Waals surface area contributed by atoms with Gasteiger partial charge in [-0.1, -0.05) is 90.7 Å². The molecule has 4 heteroatoms. The first kappa shape index (κ1) is 24.4. The van der Waals surface area contributed by atoms with Crippen LogP contribution in [0.5, 0.6) is 0 Å². The van der Waals surface area contributed by atoms with Crippen LogP contribution in [0, 0.1) is 5.92 Å². The summed E-state index contributed by atoms with van der Waals surface area (Å²) in [6.07, 6.45) is 14.5. The average molecular weight is 397 g/mol. The van der Waals surface area contributed by atoms with Crippen LogP contribution in [0.1, 0.15) is 97.0 Å². The summed E-state index contributed by atoms with van der Waals surface area (Å²) < 4.78 is 18.0. The van der Waals surface area contributed by atoms with E-state index in [9.17, 15) is 9.46 Å². The molecule has 0 fully saturated rings. The van der Waals surface area contributed by atoms with Crippen molar-refractivity contribution >= 4 is 12.9 Å². The van der Waals surface area contributed by atoms with Gasteiger partial charge in [-0.05, 0) is 42.9 Å². The molecule has 0 bridgehead atoms. The van der Waals surface area contributed by atoms with E-state index in [2.05, 4.69) is 20.8 Å². The largest absolute Gasteiger partial charge is 0.358 e. The van der Waals surface area contributed by atoms with E-state index in [1.165, 1.54) is 50.5 Å². The van der Waals surface area contributed by atoms with Gasteiger partial charge in [-0.2, -0.15) is 0 Å². The number of rotatable bonds is 16. The van der Waals surface area contributed by atoms with Gasteiger partial charge >= 0.3 is 7.60 Å². The second-order valence-electron chi connectivity index (χ2n) is 7.77. The Morgan fingerprint density at radius 1 is 0.889 bits per heavy atom. The minimum atomic E-state index is -3.71. The summed E-state index contributed by atoms with van der Waals surface area (Å²) in [5.41, 5.74) is 1.24. The third-order valence-corrected chi connectivity index (χ3v) is 6.81. The Morgan fingerprint density at radius 2 is 1.48 bits per heavy atom. The molecule has 0 heterocycles. The maximum Gasteiger partial charge on any atom is 0.358 e. The van der Waals surface area contributed by atoms with Gasteiger partial charge in [-0.25, -0.2) is 0 Å². The fourth-order valence-electron chi connectivity index (χ4n) is 3.32. The summed E-state index contributed by atoms with van der Waals surface area (Å²) in [7, 11) is -3.71. The van der Waals surface area contributed by atoms with Gasteiger partial charge in [0.25, 0.3) is 0 Å². The third-order valence-electron chi connectivity index (χ3n) is 5.36. The molecule has 0 saturated heterocycles. The Morgan fingerprint density at radius 3 is 2.07 bits per heavy atom. The molecule has 156 valence electrons. The molecule has 0 aliphatic carbocycles. The van der Waals surface area contributed by atoms with Crippen LogP contribution in [-0.2, 0) is 15.5 Å². The van der Waals surface area contributed by atoms with Gasteiger partial charge in [0.2, 0.25) is 0 Å². The van der Waals surface area contributed by atoms with Crippen molar-refractivity contribution in [3.8, 4) is 0 Å². The van der Waals surface area contributed by atoms with Gasteiger partial charge < -0.3 is 9.42 Å². The summed E-state index contributed by atoms with van der Waals surface area (Å²) in [5.74, 6) is 0.363. The van der Waals surface area contributed by atoms with Gasteiger partial charge in [0, 0.05) is 0 Å². The Hall–Kier alpha value is -0.630. The van der Waals surface area contributed by atoms with Crippen LogP contribution in [-0.4, -0.2) is 11.5 Å². The molecular formula is C23H41O3P. The molecule has 0 saturated carbocycles. The van der Waals surface area contributed by atoms with Crippen molar-refractivity contribution in [1.82, 2.24) is 0 Å². The number of hydrogen-bond donors (Lipinski definition) is 1. The van der Waals surface area contributed by atoms with Crippen LogP contribution in [0.3, 0.4) is 0 Å². The van der Waals surface area contributed by atoms with E-state index in [-0.39, 0.29) is 0 Å². The monoisotopic (exact) mass is 396 g/mol. The van der Waals surface area contributed by atoms with E-state index in [0.29, 0.717) is 17.8 Å². The van der Waals surface area contributed by atoms with Crippen molar-refractivity contribution in [2.45, 2.75) is 97.8 Å². The molecule has 0 spiro atoms. The molecule has 1 rings (SSSR count). The summed E-state index contributed by atoms with van der Waals surface area (Å²) >= 11 is 0. The predicted molar refractivity (Wildman–Crippen MR) is 117 cm³/mol. The van der Waals surface area contributed by atoms with Crippen LogP contribution < -0.4 is 5.30 Å². The minimum Gasteiger partial charge on any atom is -0.321 e. The smallest absolute Gasteiger partial charge is 0.321 e. The first-order valence-corrected chi connectivity index (χ1v) is 12.7. The van der Waals surface area contributed by atoms with E-state index in [4.69, 9.17) is 4.52 Å². The van der Waals surface area contributed by atoms with E-state index in [1.54, 1.807) is 12.1 Å². The lowest BCUT2D eigenvalue weighted by Crippen LogP contribution is -2.13. The van der Waals surface area contributed by atoms with Gasteiger partial charge in [0.15, 0.2) is 0 Å². The van der Waals surface area contributed by atoms with E-state index < -0.39 is 7.60 Å². The summed E-state index contributed by atoms with van der Waals surface area (Å²) in [5, 5.41) is 0.413. The van der Waals surface area contributed by atoms with Crippen molar-refractivity contribution in [3.05, 3.63) is 29.8 Å². The fraction of sp³-hybridized carbons (Fsp3) is 0.739. The Kier molecular flexibility index (Phi) is 13.0. The number of aryl methyl sites for hydroxylation is 1. The van der Waals surface area contributed by atoms with Gasteiger partial charge in [-0.15, -0.1) is 0 Å². The van der Waals surface area contributed by atoms with E-state index in [1.807, 2.05) is 12.1 Å². The number of hydrogen-bond acceptors (Lipinski definition) is 2. The molecule has 2 atom stereocenters. The van der Waals surface area contributed by atoms with Crippen LogP contribution >= 0.6 is 7.60 Å². The van der Waals surface area contributed by atoms with Crippen molar-refractivity contribution < 1.29 is 14.0 Å². The standard InChI is InChI=1S/C23H41O3P/c1-4-7-9-10-11-12-13-15-22-16-18-23(19-17-22)27(24,25)26-20-21(6-3)14-8-5-2/h16-19,21H,4-15,20H2,1-3H3,(H,24,25). The maximum atomic E-state index is 12.5. The van der Waals surface area contributed by atoms with Gasteiger partial charge in [0.1, 0.15) is 0 Å². The summed E-state index contributed by atoms with van der Waals surface area (Å²) in [4.78, 5) is 10.3. The molecule has 0 radical (unpaired) electrons. The molecule has 3 nitrogen and oxygen atoms in total. The van der Waals surface area contributed by atoms with Crippen LogP contribution in [0.2, 0.25) is 0 Å². The second kappa shape index (κ2) is 14.4. The zero-order valence-corrected chi connectivity index (χ0v) is 18.7. The molecule has 1 aromatic rings. The van der Waals surface area contributed by atoms with Crippen LogP contribution in [0.25, 0.3) is 0 Å². The highest BCUT2D eigenvalue weighted by atomic mass is 31.2. The Balaban J connectivity index is 2.39. The fourth-order valence-corrected chi connectivity index (χ4v) is 4.40. The molecular weight excluding hydrogens is 355 g/mol. The molecule has 1 aromatic carbocycles. The topological polar surface area (TPSA) is 46.5 Å². The zero-order valence-electron chi connectivity index (χ0n) is 17.8. The molecule has 0 aliphatic heterocycles. The van der Waals surface area contributed by atoms with Crippen LogP contribution in [0.4, 0.5) is 0 Å². The predicted octanol–water partition coefficient (Wildman–Crippen LogP) is 7.02. The van der Waals surface area contributed by atoms with E-state index in [0.717, 1.165) is 32.1 Å². The molecule has 0 amide bonds. The lowest BCUT2D eigenvalue weighted by molar-refractivity contribution is 0.210. The van der Waals surface area contributed by atoms with Crippen molar-refractivity contribution in [2.75, 3.05) is 6.61 Å². The van der Waals surface area contributed by atoms with Gasteiger partial charge in [0.05, 0.1) is 11.9 Å². The third kappa shape index (κ3) is 10.5. The molecule has 1 N–H and O–H groups in total. The summed E-state index contributed by atoms with van der Waals surface area (Å²) in [6.45, 7) is 6.89. The maximum absolute atomic E-state index is 12.5. The average Bonchev–Trinajstić information content (AvgIpc) is 2.68. The Bertz CT molecular complexity index is 527. The normalized spacial score (nSPS) is 14.8. The first-order chi connectivity index (χ1) is 13.0. The lowest BCUT2D eigenvalue weighted by atomic mass is 10.0. The number of unbranched alkanes of at least 4 members (excludes halogenated alkanes) is 7. The highest BCUT2D eigenvalue weighted by molar-refractivity contribution is 7.61. The second-order valence-corrected chi connectivity index (χ2v) is 9.59.